The van der Waals surface area contributed by atoms with Gasteiger partial charge in [-0.25, -0.2) is 4.98 Å². The number of imidazole rings is 1. The molecule has 2 aromatic heterocycles. The first-order chi connectivity index (χ1) is 23.2. The minimum absolute atomic E-state index is 0.791. The number of rotatable bonds is 3. The molecule has 0 amide bonds. The summed E-state index contributed by atoms with van der Waals surface area (Å²) >= 11 is 0. The normalized spacial score (nSPS) is 13.4. The Hall–Kier alpha value is -5.76. The number of aromatic nitrogens is 2. The van der Waals surface area contributed by atoms with Gasteiger partial charge in [0.05, 0.1) is 16.6 Å². The topological polar surface area (TPSA) is 34.4 Å². The van der Waals surface area contributed by atoms with Gasteiger partial charge in [-0.2, -0.15) is 0 Å². The van der Waals surface area contributed by atoms with E-state index in [1.807, 2.05) is 24.3 Å². The third-order valence-corrected chi connectivity index (χ3v) is 12.8. The Kier molecular flexibility index (Phi) is 5.55. The summed E-state index contributed by atoms with van der Waals surface area (Å²) in [5.74, 6) is 0. The Morgan fingerprint density at radius 1 is 0.404 bits per heavy atom. The molecule has 0 fully saturated rings. The number of pyridine rings is 1. The molecule has 0 aliphatic heterocycles. The van der Waals surface area contributed by atoms with Gasteiger partial charge in [0.25, 0.3) is 0 Å². The summed E-state index contributed by atoms with van der Waals surface area (Å²) in [4.78, 5) is 5.15. The van der Waals surface area contributed by atoms with Crippen molar-refractivity contribution >= 4 is 93.7 Å². The molecular weight excluding hydrogens is 591 g/mol. The zero-order valence-electron chi connectivity index (χ0n) is 25.3. The van der Waals surface area contributed by atoms with Gasteiger partial charge in [-0.3, -0.25) is 4.40 Å². The van der Waals surface area contributed by atoms with E-state index < -0.39 is 7.14 Å². The molecule has 0 saturated heterocycles. The van der Waals surface area contributed by atoms with Gasteiger partial charge in [0, 0.05) is 26.7 Å². The Labute approximate surface area is 270 Å². The van der Waals surface area contributed by atoms with E-state index in [2.05, 4.69) is 144 Å². The molecule has 0 saturated carbocycles. The summed E-state index contributed by atoms with van der Waals surface area (Å²) in [5, 5.41) is 12.6. The lowest BCUT2D eigenvalue weighted by molar-refractivity contribution is 0.592. The Morgan fingerprint density at radius 2 is 0.957 bits per heavy atom. The first-order valence-electron chi connectivity index (χ1n) is 15.9. The molecule has 0 N–H and O–H groups in total. The van der Waals surface area contributed by atoms with Crippen molar-refractivity contribution in [1.82, 2.24) is 9.38 Å². The summed E-state index contributed by atoms with van der Waals surface area (Å²) in [6, 6.07) is 56.8. The zero-order chi connectivity index (χ0) is 31.1. The molecule has 10 aromatic rings. The van der Waals surface area contributed by atoms with Gasteiger partial charge in [-0.1, -0.05) is 127 Å². The summed E-state index contributed by atoms with van der Waals surface area (Å²) in [5.41, 5.74) is 3.82. The van der Waals surface area contributed by atoms with E-state index in [0.29, 0.717) is 0 Å². The van der Waals surface area contributed by atoms with E-state index in [0.717, 1.165) is 70.4 Å². The number of benzene rings is 8. The van der Waals surface area contributed by atoms with Gasteiger partial charge in [0.2, 0.25) is 0 Å². The maximum atomic E-state index is 16.2. The van der Waals surface area contributed by atoms with Crippen LogP contribution in [0.25, 0.3) is 70.7 Å². The van der Waals surface area contributed by atoms with Crippen LogP contribution in [0.15, 0.2) is 164 Å². The van der Waals surface area contributed by atoms with Crippen molar-refractivity contribution in [1.29, 1.82) is 0 Å². The highest BCUT2D eigenvalue weighted by atomic mass is 31.2. The Morgan fingerprint density at radius 3 is 1.79 bits per heavy atom. The van der Waals surface area contributed by atoms with Gasteiger partial charge in [-0.15, -0.1) is 0 Å². The van der Waals surface area contributed by atoms with Crippen LogP contribution >= 0.6 is 7.14 Å². The van der Waals surface area contributed by atoms with Crippen LogP contribution in [0.5, 0.6) is 0 Å². The summed E-state index contributed by atoms with van der Waals surface area (Å²) in [6.45, 7) is 0. The molecular formula is C43H27N2OP. The molecule has 4 heteroatoms. The molecule has 2 heterocycles. The lowest BCUT2D eigenvalue weighted by Gasteiger charge is -2.21. The smallest absolute Gasteiger partial charge is 0.171 e. The van der Waals surface area contributed by atoms with Crippen molar-refractivity contribution in [3.05, 3.63) is 164 Å². The molecule has 1 unspecified atom stereocenters. The van der Waals surface area contributed by atoms with Crippen LogP contribution < -0.4 is 15.9 Å². The molecule has 1 atom stereocenters. The molecule has 10 rings (SSSR count). The standard InChI is InChI=1S/C43H27N2OP/c46-47(32-21-19-28-9-1-2-11-31(28)25-32,33-22-20-30-18-17-29-10-3-4-12-35(29)39(30)26-33)34-23-24-40-42(27-34)45-41-16-8-7-14-37(41)36-13-5-6-15-38(36)43(45)44-40/h1-27H. The van der Waals surface area contributed by atoms with Crippen molar-refractivity contribution < 1.29 is 4.57 Å². The molecule has 8 aromatic carbocycles. The summed E-state index contributed by atoms with van der Waals surface area (Å²) in [6.07, 6.45) is 0. The minimum atomic E-state index is -3.37. The van der Waals surface area contributed by atoms with Crippen LogP contribution in [0.3, 0.4) is 0 Å². The molecule has 0 aliphatic rings. The van der Waals surface area contributed by atoms with Gasteiger partial charge >= 0.3 is 0 Å². The second-order valence-corrected chi connectivity index (χ2v) is 15.1. The van der Waals surface area contributed by atoms with E-state index in [9.17, 15) is 0 Å². The predicted molar refractivity (Wildman–Crippen MR) is 200 cm³/mol. The highest BCUT2D eigenvalue weighted by molar-refractivity contribution is 7.85. The van der Waals surface area contributed by atoms with Crippen LogP contribution in [0.1, 0.15) is 0 Å². The zero-order valence-corrected chi connectivity index (χ0v) is 26.2. The third kappa shape index (κ3) is 3.81. The van der Waals surface area contributed by atoms with E-state index in [4.69, 9.17) is 4.98 Å². The maximum absolute atomic E-state index is 16.2. The Bertz CT molecular complexity index is 2960. The fraction of sp³-hybridized carbons (Fsp3) is 0. The van der Waals surface area contributed by atoms with Gasteiger partial charge in [-0.05, 0) is 74.1 Å². The Balaban J connectivity index is 1.31. The highest BCUT2D eigenvalue weighted by Gasteiger charge is 2.31. The lowest BCUT2D eigenvalue weighted by Crippen LogP contribution is -2.25. The second-order valence-electron chi connectivity index (χ2n) is 12.3. The van der Waals surface area contributed by atoms with E-state index >= 15 is 4.57 Å². The number of hydrogen-bond acceptors (Lipinski definition) is 2. The van der Waals surface area contributed by atoms with Crippen LogP contribution in [-0.4, -0.2) is 9.38 Å². The molecule has 220 valence electrons. The first-order valence-corrected chi connectivity index (χ1v) is 17.6. The molecule has 47 heavy (non-hydrogen) atoms. The molecule has 0 aliphatic carbocycles. The van der Waals surface area contributed by atoms with Crippen molar-refractivity contribution in [2.75, 3.05) is 0 Å². The number of hydrogen-bond donors (Lipinski definition) is 0. The average molecular weight is 619 g/mol. The van der Waals surface area contributed by atoms with Crippen molar-refractivity contribution in [2.45, 2.75) is 0 Å². The number of para-hydroxylation sites is 1. The van der Waals surface area contributed by atoms with Crippen LogP contribution in [-0.2, 0) is 4.57 Å². The minimum Gasteiger partial charge on any atom is -0.309 e. The first kappa shape index (κ1) is 26.5. The van der Waals surface area contributed by atoms with E-state index in [-0.39, 0.29) is 0 Å². The van der Waals surface area contributed by atoms with Crippen LogP contribution in [0.4, 0.5) is 0 Å². The fourth-order valence-corrected chi connectivity index (χ4v) is 10.2. The molecule has 0 bridgehead atoms. The van der Waals surface area contributed by atoms with E-state index in [1.54, 1.807) is 0 Å². The quantitative estimate of drug-likeness (QED) is 0.146. The monoisotopic (exact) mass is 618 g/mol. The van der Waals surface area contributed by atoms with Gasteiger partial charge in [0.15, 0.2) is 7.14 Å². The summed E-state index contributed by atoms with van der Waals surface area (Å²) < 4.78 is 18.4. The SMILES string of the molecule is O=P(c1ccc2ccccc2c1)(c1ccc2ccc3ccccc3c2c1)c1ccc2nc3c4ccccc4c4ccccc4n3c2c1. The van der Waals surface area contributed by atoms with Crippen molar-refractivity contribution in [2.24, 2.45) is 0 Å². The fourth-order valence-electron chi connectivity index (χ4n) is 7.50. The highest BCUT2D eigenvalue weighted by Crippen LogP contribution is 2.45. The largest absolute Gasteiger partial charge is 0.309 e. The van der Waals surface area contributed by atoms with Crippen LogP contribution in [0, 0.1) is 0 Å². The van der Waals surface area contributed by atoms with E-state index in [1.165, 1.54) is 16.2 Å². The second kappa shape index (κ2) is 9.87. The van der Waals surface area contributed by atoms with Crippen molar-refractivity contribution in [3.8, 4) is 0 Å². The van der Waals surface area contributed by atoms with Gasteiger partial charge in [0.1, 0.15) is 5.65 Å². The molecule has 0 radical (unpaired) electrons. The maximum Gasteiger partial charge on any atom is 0.171 e. The molecule has 0 spiro atoms. The number of nitrogens with zero attached hydrogens (tertiary/aromatic N) is 2. The summed E-state index contributed by atoms with van der Waals surface area (Å²) in [7, 11) is -3.37. The average Bonchev–Trinajstić information content (AvgIpc) is 3.54. The third-order valence-electron chi connectivity index (χ3n) is 9.80. The van der Waals surface area contributed by atoms with Gasteiger partial charge < -0.3 is 4.57 Å². The van der Waals surface area contributed by atoms with Crippen molar-refractivity contribution in [3.63, 3.8) is 0 Å². The van der Waals surface area contributed by atoms with Crippen LogP contribution in [0.2, 0.25) is 0 Å². The number of fused-ring (bicyclic) bond motifs is 12. The lowest BCUT2D eigenvalue weighted by atomic mass is 10.0. The molecule has 3 nitrogen and oxygen atoms in total. The predicted octanol–water partition coefficient (Wildman–Crippen LogP) is 9.89.